The van der Waals surface area contributed by atoms with Gasteiger partial charge in [0.1, 0.15) is 25.1 Å². The highest BCUT2D eigenvalue weighted by Crippen LogP contribution is 2.37. The number of rotatable bonds is 16. The van der Waals surface area contributed by atoms with Crippen molar-refractivity contribution in [1.29, 1.82) is 0 Å². The maximum atomic E-state index is 11.8. The third-order valence-corrected chi connectivity index (χ3v) is 15.6. The second-order valence-corrected chi connectivity index (χ2v) is 31.4. The summed E-state index contributed by atoms with van der Waals surface area (Å²) in [5, 5.41) is 10.4. The van der Waals surface area contributed by atoms with Crippen molar-refractivity contribution < 1.29 is 19.4 Å². The summed E-state index contributed by atoms with van der Waals surface area (Å²) in [6.45, 7) is 30.2. The van der Waals surface area contributed by atoms with Gasteiger partial charge in [-0.3, -0.25) is 22.7 Å². The summed E-state index contributed by atoms with van der Waals surface area (Å²) in [5.74, 6) is 1.96. The van der Waals surface area contributed by atoms with E-state index in [9.17, 15) is 9.90 Å². The van der Waals surface area contributed by atoms with Gasteiger partial charge in [-0.2, -0.15) is 0 Å². The smallest absolute Gasteiger partial charge is 0.159 e. The Morgan fingerprint density at radius 1 is 0.631 bits per heavy atom. The molecule has 8 aromatic rings. The first-order valence-corrected chi connectivity index (χ1v) is 30.4. The zero-order valence-electron chi connectivity index (χ0n) is 40.8. The number of nitrogens with zero attached hydrogens (tertiary/aromatic N) is 8. The molecule has 2 aromatic carbocycles. The van der Waals surface area contributed by atoms with Crippen LogP contribution in [-0.2, 0) is 41.4 Å². The van der Waals surface area contributed by atoms with Crippen molar-refractivity contribution in [2.75, 3.05) is 13.2 Å². The van der Waals surface area contributed by atoms with Crippen LogP contribution in [0.4, 0.5) is 0 Å². The molecule has 1 N–H and O–H groups in total. The Morgan fingerprint density at radius 2 is 1.02 bits per heavy atom. The molecule has 0 fully saturated rings. The third kappa shape index (κ3) is 10.1. The van der Waals surface area contributed by atoms with Crippen LogP contribution < -0.4 is 0 Å². The van der Waals surface area contributed by atoms with Gasteiger partial charge in [0.15, 0.2) is 17.1 Å². The number of ether oxygens (including phenoxy) is 2. The van der Waals surface area contributed by atoms with Crippen LogP contribution in [0, 0.1) is 13.8 Å². The number of aliphatic hydroxyl groups is 1. The average molecular weight is 913 g/mol. The Bertz CT molecular complexity index is 2960. The molecule has 0 saturated heterocycles. The van der Waals surface area contributed by atoms with Crippen LogP contribution in [0.2, 0.25) is 51.4 Å². The van der Waals surface area contributed by atoms with Gasteiger partial charge in [0.25, 0.3) is 0 Å². The van der Waals surface area contributed by atoms with Crippen LogP contribution >= 0.6 is 0 Å². The Morgan fingerprint density at radius 3 is 1.37 bits per heavy atom. The van der Waals surface area contributed by atoms with Crippen LogP contribution in [0.25, 0.3) is 55.9 Å². The highest BCUT2D eigenvalue weighted by Gasteiger charge is 2.25. The van der Waals surface area contributed by atoms with E-state index in [4.69, 9.17) is 19.4 Å². The molecular weight excluding hydrogens is 845 g/mol. The molecule has 0 aliphatic heterocycles. The number of aromatic nitrogens is 8. The van der Waals surface area contributed by atoms with E-state index in [0.29, 0.717) is 19.0 Å². The van der Waals surface area contributed by atoms with Crippen molar-refractivity contribution in [2.45, 2.75) is 132 Å². The van der Waals surface area contributed by atoms with E-state index in [-0.39, 0.29) is 5.78 Å². The van der Waals surface area contributed by atoms with E-state index in [1.54, 1.807) is 6.92 Å². The lowest BCUT2D eigenvalue weighted by atomic mass is 9.96. The summed E-state index contributed by atoms with van der Waals surface area (Å²) >= 11 is 0. The van der Waals surface area contributed by atoms with Gasteiger partial charge in [-0.25, -0.2) is 19.9 Å². The SMILES string of the molecule is CCc1c(-c2ccc(C(C)(C)O)cc2)n(COCC[Si](C)(C)C)c2ncc3cnc(C)n3c12.CCc1c(-c2ccc(C(C)=O)cc2)n(COCC[Si](C)(C)C)c2ncc3cnc(C)n3c12. The van der Waals surface area contributed by atoms with Crippen molar-refractivity contribution in [3.05, 3.63) is 107 Å². The Hall–Kier alpha value is -5.26. The van der Waals surface area contributed by atoms with Gasteiger partial charge in [0.05, 0.1) is 63.8 Å². The highest BCUT2D eigenvalue weighted by molar-refractivity contribution is 6.76. The Labute approximate surface area is 385 Å². The lowest BCUT2D eigenvalue weighted by Crippen LogP contribution is -2.22. The predicted octanol–water partition coefficient (Wildman–Crippen LogP) is 11.5. The molecule has 0 aliphatic carbocycles. The minimum absolute atomic E-state index is 0.0694. The van der Waals surface area contributed by atoms with Crippen molar-refractivity contribution in [3.63, 3.8) is 0 Å². The van der Waals surface area contributed by atoms with Gasteiger partial charge >= 0.3 is 0 Å². The second-order valence-electron chi connectivity index (χ2n) is 20.2. The largest absolute Gasteiger partial charge is 0.386 e. The van der Waals surface area contributed by atoms with Crippen LogP contribution in [0.3, 0.4) is 0 Å². The zero-order chi connectivity index (χ0) is 47.0. The van der Waals surface area contributed by atoms with Gasteiger partial charge in [0.2, 0.25) is 0 Å². The summed E-state index contributed by atoms with van der Waals surface area (Å²) in [6.07, 6.45) is 9.22. The molecule has 0 amide bonds. The first-order chi connectivity index (χ1) is 30.7. The molecule has 12 nitrogen and oxygen atoms in total. The molecule has 0 bridgehead atoms. The summed E-state index contributed by atoms with van der Waals surface area (Å²) in [5.41, 5.74) is 13.5. The molecule has 0 aliphatic rings. The lowest BCUT2D eigenvalue weighted by Gasteiger charge is -2.19. The average Bonchev–Trinajstić information content (AvgIpc) is 4.00. The number of ketones is 1. The van der Waals surface area contributed by atoms with E-state index in [1.165, 1.54) is 11.1 Å². The molecule has 0 radical (unpaired) electrons. The minimum atomic E-state index is -1.17. The number of hydrogen-bond acceptors (Lipinski definition) is 8. The molecule has 0 spiro atoms. The third-order valence-electron chi connectivity index (χ3n) is 12.2. The zero-order valence-corrected chi connectivity index (χ0v) is 42.8. The van der Waals surface area contributed by atoms with Crippen molar-refractivity contribution in [3.8, 4) is 22.5 Å². The standard InChI is InChI=1S/C26H36N4O2Si.C25H32N4O2Si/c1-8-22-23(19-9-11-20(12-10-19)26(3,4)31)29(17-32-13-14-33(5,6)7)25-24(22)30-18(2)27-15-21(30)16-28-25;1-7-22-23(20-10-8-19(9-11-20)17(2)30)28(16-31-12-13-32(4,5)6)25-24(22)29-18(3)26-14-21(29)15-27-25/h9-12,15-16,31H,8,13-14,17H2,1-7H3;8-11,14-15H,7,12-13,16H2,1-6H3. The van der Waals surface area contributed by atoms with Gasteiger partial charge in [-0.1, -0.05) is 102 Å². The van der Waals surface area contributed by atoms with Gasteiger partial charge < -0.3 is 14.6 Å². The molecule has 344 valence electrons. The van der Waals surface area contributed by atoms with E-state index in [1.807, 2.05) is 88.9 Å². The number of benzene rings is 2. The first kappa shape index (κ1) is 47.7. The van der Waals surface area contributed by atoms with Gasteiger partial charge in [0, 0.05) is 46.1 Å². The van der Waals surface area contributed by atoms with Crippen molar-refractivity contribution >= 4 is 55.3 Å². The molecule has 14 heteroatoms. The monoisotopic (exact) mass is 912 g/mol. The molecule has 65 heavy (non-hydrogen) atoms. The summed E-state index contributed by atoms with van der Waals surface area (Å²) < 4.78 is 21.2. The maximum Gasteiger partial charge on any atom is 0.159 e. The number of fused-ring (bicyclic) bond motifs is 6. The number of carbonyl (C=O) groups excluding carboxylic acids is 1. The van der Waals surface area contributed by atoms with Crippen LogP contribution in [0.1, 0.15) is 73.3 Å². The minimum Gasteiger partial charge on any atom is -0.386 e. The number of carbonyl (C=O) groups is 1. The lowest BCUT2D eigenvalue weighted by molar-refractivity contribution is 0.0785. The molecule has 0 atom stereocenters. The van der Waals surface area contributed by atoms with Crippen LogP contribution in [0.5, 0.6) is 0 Å². The van der Waals surface area contributed by atoms with E-state index >= 15 is 0 Å². The summed E-state index contributed by atoms with van der Waals surface area (Å²) in [6, 6.07) is 18.3. The van der Waals surface area contributed by atoms with Crippen LogP contribution in [0.15, 0.2) is 73.3 Å². The second kappa shape index (κ2) is 18.9. The molecule has 0 unspecified atom stereocenters. The molecule has 6 heterocycles. The molecule has 6 aromatic heterocycles. The fourth-order valence-corrected chi connectivity index (χ4v) is 10.0. The first-order valence-electron chi connectivity index (χ1n) is 23.0. The van der Waals surface area contributed by atoms with Crippen molar-refractivity contribution in [1.82, 2.24) is 37.9 Å². The number of imidazole rings is 2. The Kier molecular flexibility index (Phi) is 13.9. The molecule has 8 rings (SSSR count). The molecule has 0 saturated carbocycles. The quantitative estimate of drug-likeness (QED) is 0.0577. The molecular formula is C51H68N8O4Si2. The van der Waals surface area contributed by atoms with Gasteiger partial charge in [-0.15, -0.1) is 0 Å². The summed E-state index contributed by atoms with van der Waals surface area (Å²) in [4.78, 5) is 30.5. The fourth-order valence-electron chi connectivity index (χ4n) is 8.51. The van der Waals surface area contributed by atoms with E-state index in [0.717, 1.165) is 111 Å². The maximum absolute atomic E-state index is 11.8. The van der Waals surface area contributed by atoms with E-state index < -0.39 is 21.7 Å². The normalized spacial score (nSPS) is 12.5. The predicted molar refractivity (Wildman–Crippen MR) is 270 cm³/mol. The number of aryl methyl sites for hydroxylation is 4. The van der Waals surface area contributed by atoms with E-state index in [2.05, 4.69) is 93.2 Å². The summed E-state index contributed by atoms with van der Waals surface area (Å²) in [7, 11) is -2.35. The highest BCUT2D eigenvalue weighted by atomic mass is 28.3. The van der Waals surface area contributed by atoms with Crippen LogP contribution in [-0.4, -0.2) is 78.1 Å². The fraction of sp³-hybridized carbons (Fsp3) is 0.431. The Balaban J connectivity index is 0.000000194. The number of hydrogen-bond donors (Lipinski definition) is 1. The topological polar surface area (TPSA) is 126 Å². The van der Waals surface area contributed by atoms with Gasteiger partial charge in [-0.05, 0) is 76.2 Å². The van der Waals surface area contributed by atoms with Crippen molar-refractivity contribution in [2.24, 2.45) is 0 Å². The number of Topliss-reactive ketones (excluding diaryl/α,β-unsaturated/α-hetero) is 1.